The van der Waals surface area contributed by atoms with Gasteiger partial charge in [-0.1, -0.05) is 12.5 Å². The van der Waals surface area contributed by atoms with Crippen LogP contribution in [0.5, 0.6) is 0 Å². The van der Waals surface area contributed by atoms with Crippen LogP contribution in [0.4, 0.5) is 4.39 Å². The number of hydrogen-bond acceptors (Lipinski definition) is 4. The standard InChI is InChI=1S/C16H17FN2O3.ClH/c17-12-5-3-4-11(8-12)15-18-13(10-22-15)9-19-7-2-1-6-14(19)16(20)21;/h3-5,8,10,14H,1-2,6-7,9H2,(H,20,21);1H. The highest BCUT2D eigenvalue weighted by atomic mass is 35.5. The molecule has 5 nitrogen and oxygen atoms in total. The van der Waals surface area contributed by atoms with Gasteiger partial charge in [-0.05, 0) is 37.6 Å². The molecule has 0 radical (unpaired) electrons. The second kappa shape index (κ2) is 7.57. The van der Waals surface area contributed by atoms with Gasteiger partial charge in [0.15, 0.2) is 0 Å². The van der Waals surface area contributed by atoms with Crippen LogP contribution < -0.4 is 0 Å². The molecule has 124 valence electrons. The lowest BCUT2D eigenvalue weighted by Crippen LogP contribution is -2.44. The number of hydrogen-bond donors (Lipinski definition) is 1. The Bertz CT molecular complexity index is 677. The zero-order valence-electron chi connectivity index (χ0n) is 12.4. The lowest BCUT2D eigenvalue weighted by Gasteiger charge is -2.31. The number of carbonyl (C=O) groups is 1. The van der Waals surface area contributed by atoms with Gasteiger partial charge >= 0.3 is 5.97 Å². The third-order valence-electron chi connectivity index (χ3n) is 3.89. The number of oxazole rings is 1. The number of carboxylic acids is 1. The van der Waals surface area contributed by atoms with Gasteiger partial charge in [0, 0.05) is 12.1 Å². The third kappa shape index (κ3) is 4.09. The van der Waals surface area contributed by atoms with Crippen LogP contribution in [-0.4, -0.2) is 33.5 Å². The van der Waals surface area contributed by atoms with Crippen LogP contribution in [0.15, 0.2) is 34.9 Å². The molecule has 0 amide bonds. The number of carboxylic acid groups (broad SMARTS) is 1. The van der Waals surface area contributed by atoms with E-state index in [4.69, 9.17) is 4.42 Å². The molecule has 1 fully saturated rings. The topological polar surface area (TPSA) is 66.6 Å². The van der Waals surface area contributed by atoms with Crippen LogP contribution in [0.25, 0.3) is 11.5 Å². The van der Waals surface area contributed by atoms with Gasteiger partial charge in [0.2, 0.25) is 5.89 Å². The van der Waals surface area contributed by atoms with Crippen molar-refractivity contribution in [2.75, 3.05) is 6.54 Å². The molecule has 1 saturated heterocycles. The monoisotopic (exact) mass is 340 g/mol. The Labute approximate surface area is 139 Å². The summed E-state index contributed by atoms with van der Waals surface area (Å²) < 4.78 is 18.6. The van der Waals surface area contributed by atoms with E-state index in [1.807, 2.05) is 4.90 Å². The normalized spacial score (nSPS) is 18.4. The molecule has 1 aliphatic rings. The number of piperidine rings is 1. The van der Waals surface area contributed by atoms with Crippen molar-refractivity contribution in [2.45, 2.75) is 31.8 Å². The first-order valence-electron chi connectivity index (χ1n) is 7.30. The Morgan fingerprint density at radius 1 is 1.43 bits per heavy atom. The first-order chi connectivity index (χ1) is 10.6. The molecule has 0 bridgehead atoms. The average molecular weight is 341 g/mol. The fourth-order valence-corrected chi connectivity index (χ4v) is 2.80. The summed E-state index contributed by atoms with van der Waals surface area (Å²) in [6.45, 7) is 1.16. The molecule has 1 aromatic carbocycles. The number of benzene rings is 1. The van der Waals surface area contributed by atoms with E-state index < -0.39 is 12.0 Å². The van der Waals surface area contributed by atoms with Gasteiger partial charge in [-0.25, -0.2) is 9.37 Å². The highest BCUT2D eigenvalue weighted by Gasteiger charge is 2.28. The minimum atomic E-state index is -0.798. The Balaban J connectivity index is 0.00000192. The predicted molar refractivity (Wildman–Crippen MR) is 84.8 cm³/mol. The van der Waals surface area contributed by atoms with Crippen molar-refractivity contribution < 1.29 is 18.7 Å². The molecule has 0 spiro atoms. The van der Waals surface area contributed by atoms with Gasteiger partial charge < -0.3 is 9.52 Å². The van der Waals surface area contributed by atoms with Crippen LogP contribution >= 0.6 is 12.4 Å². The summed E-state index contributed by atoms with van der Waals surface area (Å²) in [4.78, 5) is 17.5. The molecular formula is C16H18ClFN2O3. The van der Waals surface area contributed by atoms with Crippen molar-refractivity contribution in [3.05, 3.63) is 42.0 Å². The molecule has 7 heteroatoms. The molecule has 0 saturated carbocycles. The Hall–Kier alpha value is -1.92. The molecule has 1 N–H and O–H groups in total. The van der Waals surface area contributed by atoms with E-state index in [0.717, 1.165) is 19.4 Å². The van der Waals surface area contributed by atoms with E-state index in [1.165, 1.54) is 18.4 Å². The number of aliphatic carboxylic acids is 1. The molecule has 1 unspecified atom stereocenters. The smallest absolute Gasteiger partial charge is 0.320 e. The summed E-state index contributed by atoms with van der Waals surface area (Å²) in [7, 11) is 0. The van der Waals surface area contributed by atoms with Crippen molar-refractivity contribution in [1.82, 2.24) is 9.88 Å². The molecule has 0 aliphatic carbocycles. The summed E-state index contributed by atoms with van der Waals surface area (Å²) in [6, 6.07) is 5.57. The van der Waals surface area contributed by atoms with Crippen LogP contribution in [0.3, 0.4) is 0 Å². The molecule has 2 aromatic rings. The fourth-order valence-electron chi connectivity index (χ4n) is 2.80. The first kappa shape index (κ1) is 17.4. The second-order valence-corrected chi connectivity index (χ2v) is 5.47. The van der Waals surface area contributed by atoms with Crippen LogP contribution in [0, 0.1) is 5.82 Å². The van der Waals surface area contributed by atoms with Crippen molar-refractivity contribution in [2.24, 2.45) is 0 Å². The molecule has 1 atom stereocenters. The number of likely N-dealkylation sites (tertiary alicyclic amines) is 1. The number of nitrogens with zero attached hydrogens (tertiary/aromatic N) is 2. The minimum Gasteiger partial charge on any atom is -0.480 e. The zero-order valence-corrected chi connectivity index (χ0v) is 13.3. The van der Waals surface area contributed by atoms with Crippen molar-refractivity contribution in [3.8, 4) is 11.5 Å². The van der Waals surface area contributed by atoms with E-state index in [1.54, 1.807) is 12.1 Å². The van der Waals surface area contributed by atoms with E-state index in [0.29, 0.717) is 30.1 Å². The zero-order chi connectivity index (χ0) is 15.5. The number of rotatable bonds is 4. The maximum atomic E-state index is 13.2. The highest BCUT2D eigenvalue weighted by Crippen LogP contribution is 2.23. The molecular weight excluding hydrogens is 323 g/mol. The van der Waals surface area contributed by atoms with E-state index in [-0.39, 0.29) is 18.2 Å². The number of halogens is 2. The quantitative estimate of drug-likeness (QED) is 0.924. The Morgan fingerprint density at radius 3 is 3.00 bits per heavy atom. The average Bonchev–Trinajstić information content (AvgIpc) is 2.96. The van der Waals surface area contributed by atoms with E-state index in [9.17, 15) is 14.3 Å². The summed E-state index contributed by atoms with van der Waals surface area (Å²) in [5.74, 6) is -0.800. The fraction of sp³-hybridized carbons (Fsp3) is 0.375. The van der Waals surface area contributed by atoms with Crippen LogP contribution in [-0.2, 0) is 11.3 Å². The molecule has 3 rings (SSSR count). The summed E-state index contributed by atoms with van der Waals surface area (Å²) in [6.07, 6.45) is 4.08. The Kier molecular flexibility index (Phi) is 5.74. The molecule has 1 aliphatic heterocycles. The Morgan fingerprint density at radius 2 is 2.26 bits per heavy atom. The molecule has 23 heavy (non-hydrogen) atoms. The predicted octanol–water partition coefficient (Wildman–Crippen LogP) is 3.34. The van der Waals surface area contributed by atoms with Gasteiger partial charge in [-0.2, -0.15) is 0 Å². The maximum Gasteiger partial charge on any atom is 0.320 e. The summed E-state index contributed by atoms with van der Waals surface area (Å²) in [5.41, 5.74) is 1.23. The van der Waals surface area contributed by atoms with E-state index >= 15 is 0 Å². The van der Waals surface area contributed by atoms with Gasteiger partial charge in [-0.15, -0.1) is 12.4 Å². The van der Waals surface area contributed by atoms with Crippen LogP contribution in [0.1, 0.15) is 25.0 Å². The lowest BCUT2D eigenvalue weighted by atomic mass is 10.0. The molecule has 1 aromatic heterocycles. The van der Waals surface area contributed by atoms with Crippen molar-refractivity contribution in [1.29, 1.82) is 0 Å². The van der Waals surface area contributed by atoms with Crippen molar-refractivity contribution in [3.63, 3.8) is 0 Å². The highest BCUT2D eigenvalue weighted by molar-refractivity contribution is 5.85. The van der Waals surface area contributed by atoms with Gasteiger partial charge in [0.1, 0.15) is 18.1 Å². The van der Waals surface area contributed by atoms with Gasteiger partial charge in [0.25, 0.3) is 0 Å². The summed E-state index contributed by atoms with van der Waals surface area (Å²) in [5, 5.41) is 9.27. The first-order valence-corrected chi connectivity index (χ1v) is 7.30. The minimum absolute atomic E-state index is 0. The SMILES string of the molecule is Cl.O=C(O)C1CCCCN1Cc1coc(-c2cccc(F)c2)n1. The van der Waals surface area contributed by atoms with Crippen molar-refractivity contribution >= 4 is 18.4 Å². The van der Waals surface area contributed by atoms with E-state index in [2.05, 4.69) is 4.98 Å². The second-order valence-electron chi connectivity index (χ2n) is 5.47. The number of aromatic nitrogens is 1. The van der Waals surface area contributed by atoms with Crippen LogP contribution in [0.2, 0.25) is 0 Å². The lowest BCUT2D eigenvalue weighted by molar-refractivity contribution is -0.144. The maximum absolute atomic E-state index is 13.2. The van der Waals surface area contributed by atoms with Gasteiger partial charge in [0.05, 0.1) is 5.69 Å². The largest absolute Gasteiger partial charge is 0.480 e. The van der Waals surface area contributed by atoms with Gasteiger partial charge in [-0.3, -0.25) is 9.69 Å². The third-order valence-corrected chi connectivity index (χ3v) is 3.89. The molecule has 2 heterocycles. The summed E-state index contributed by atoms with van der Waals surface area (Å²) >= 11 is 0.